The van der Waals surface area contributed by atoms with Crippen molar-refractivity contribution in [2.24, 2.45) is 4.99 Å². The van der Waals surface area contributed by atoms with E-state index in [1.807, 2.05) is 37.5 Å². The summed E-state index contributed by atoms with van der Waals surface area (Å²) in [4.78, 5) is 4.78. The Morgan fingerprint density at radius 3 is 2.59 bits per heavy atom. The highest BCUT2D eigenvalue weighted by Crippen LogP contribution is 2.12. The first kappa shape index (κ1) is 25.4. The van der Waals surface area contributed by atoms with Gasteiger partial charge < -0.3 is 19.9 Å². The Kier molecular flexibility index (Phi) is 11.9. The van der Waals surface area contributed by atoms with Gasteiger partial charge in [-0.1, -0.05) is 12.1 Å². The van der Waals surface area contributed by atoms with Gasteiger partial charge in [0.1, 0.15) is 0 Å². The van der Waals surface area contributed by atoms with Gasteiger partial charge in [0, 0.05) is 45.7 Å². The molecule has 0 spiro atoms. The van der Waals surface area contributed by atoms with Crippen LogP contribution in [-0.2, 0) is 27.8 Å². The maximum atomic E-state index is 12.3. The number of nitrogens with one attached hydrogen (secondary N) is 3. The average Bonchev–Trinajstić information content (AvgIpc) is 3.20. The molecule has 8 nitrogen and oxygen atoms in total. The number of aromatic nitrogens is 1. The first-order valence-electron chi connectivity index (χ1n) is 9.25. The van der Waals surface area contributed by atoms with Crippen LogP contribution in [0.15, 0.2) is 58.7 Å². The molecule has 0 unspecified atom stereocenters. The van der Waals surface area contributed by atoms with E-state index < -0.39 is 10.0 Å². The van der Waals surface area contributed by atoms with E-state index in [1.165, 1.54) is 7.11 Å². The first-order chi connectivity index (χ1) is 13.5. The maximum absolute atomic E-state index is 12.3. The Balaban J connectivity index is 0.00000420. The monoisotopic (exact) mass is 535 g/mol. The molecule has 162 valence electrons. The highest BCUT2D eigenvalue weighted by Gasteiger charge is 2.13. The lowest BCUT2D eigenvalue weighted by molar-refractivity contribution is 0.204. The highest BCUT2D eigenvalue weighted by atomic mass is 127. The van der Waals surface area contributed by atoms with Crippen LogP contribution >= 0.6 is 24.0 Å². The van der Waals surface area contributed by atoms with Crippen molar-refractivity contribution in [3.05, 3.63) is 54.4 Å². The molecule has 0 saturated carbocycles. The van der Waals surface area contributed by atoms with E-state index in [0.29, 0.717) is 19.1 Å². The molecule has 0 saturated heterocycles. The van der Waals surface area contributed by atoms with Gasteiger partial charge in [0.2, 0.25) is 10.0 Å². The van der Waals surface area contributed by atoms with Crippen molar-refractivity contribution in [1.29, 1.82) is 0 Å². The molecule has 0 amide bonds. The van der Waals surface area contributed by atoms with Gasteiger partial charge in [-0.2, -0.15) is 0 Å². The minimum atomic E-state index is -3.56. The van der Waals surface area contributed by atoms with Crippen molar-refractivity contribution >= 4 is 40.0 Å². The molecule has 0 fully saturated rings. The van der Waals surface area contributed by atoms with Crippen LogP contribution in [0.4, 0.5) is 0 Å². The molecule has 2 rings (SSSR count). The molecule has 1 aromatic heterocycles. The summed E-state index contributed by atoms with van der Waals surface area (Å²) in [5.41, 5.74) is 0.817. The first-order valence-corrected chi connectivity index (χ1v) is 10.7. The fourth-order valence-electron chi connectivity index (χ4n) is 2.51. The van der Waals surface area contributed by atoms with Crippen molar-refractivity contribution in [3.8, 4) is 0 Å². The topological polar surface area (TPSA) is 96.8 Å². The molecule has 0 radical (unpaired) electrons. The van der Waals surface area contributed by atoms with Crippen molar-refractivity contribution in [2.45, 2.75) is 24.9 Å². The second-order valence-electron chi connectivity index (χ2n) is 6.08. The number of hydrogen-bond donors (Lipinski definition) is 3. The zero-order valence-corrected chi connectivity index (χ0v) is 19.9. The number of sulfonamides is 1. The molecular formula is C19H30IN5O3S. The number of nitrogens with zero attached hydrogens (tertiary/aromatic N) is 2. The lowest BCUT2D eigenvalue weighted by Gasteiger charge is -2.12. The summed E-state index contributed by atoms with van der Waals surface area (Å²) in [5, 5.41) is 6.48. The van der Waals surface area contributed by atoms with Gasteiger partial charge in [-0.15, -0.1) is 24.0 Å². The molecule has 0 aliphatic rings. The predicted molar refractivity (Wildman–Crippen MR) is 126 cm³/mol. The van der Waals surface area contributed by atoms with Crippen molar-refractivity contribution in [2.75, 3.05) is 33.4 Å². The molecule has 1 aromatic carbocycles. The largest absolute Gasteiger partial charge is 0.383 e. The van der Waals surface area contributed by atoms with E-state index in [0.717, 1.165) is 25.2 Å². The van der Waals surface area contributed by atoms with Crippen LogP contribution in [0.3, 0.4) is 0 Å². The van der Waals surface area contributed by atoms with E-state index in [1.54, 1.807) is 18.2 Å². The summed E-state index contributed by atoms with van der Waals surface area (Å²) in [7, 11) is -2.03. The minimum Gasteiger partial charge on any atom is -0.383 e. The molecule has 3 N–H and O–H groups in total. The van der Waals surface area contributed by atoms with Crippen LogP contribution in [0.25, 0.3) is 0 Å². The number of guanidine groups is 1. The molecule has 10 heteroatoms. The van der Waals surface area contributed by atoms with Gasteiger partial charge in [-0.05, 0) is 36.8 Å². The summed E-state index contributed by atoms with van der Waals surface area (Å²) in [6.07, 6.45) is 4.02. The third kappa shape index (κ3) is 9.15. The Hall–Kier alpha value is -1.63. The number of ether oxygens (including phenoxy) is 1. The zero-order valence-electron chi connectivity index (χ0n) is 16.8. The Morgan fingerprint density at radius 2 is 1.90 bits per heavy atom. The summed E-state index contributed by atoms with van der Waals surface area (Å²) in [5.74, 6) is 0.695. The van der Waals surface area contributed by atoms with Gasteiger partial charge in [-0.3, -0.25) is 0 Å². The molecule has 0 bridgehead atoms. The standard InChI is InChI=1S/C19H29N5O3S.HI/c1-3-20-19(21-9-13-24-11-4-5-12-24)22-16-17-7-6-8-18(15-17)28(25,26)23-10-14-27-2;/h4-8,11-12,15,23H,3,9-10,13-14,16H2,1-2H3,(H2,20,21,22);1H. The Labute approximate surface area is 190 Å². The van der Waals surface area contributed by atoms with Crippen molar-refractivity contribution in [1.82, 2.24) is 19.9 Å². The quantitative estimate of drug-likeness (QED) is 0.177. The average molecular weight is 535 g/mol. The van der Waals surface area contributed by atoms with Gasteiger partial charge in [-0.25, -0.2) is 18.1 Å². The molecule has 2 aromatic rings. The Morgan fingerprint density at radius 1 is 1.14 bits per heavy atom. The number of hydrogen-bond acceptors (Lipinski definition) is 4. The number of benzene rings is 1. The van der Waals surface area contributed by atoms with Gasteiger partial charge in [0.15, 0.2) is 5.96 Å². The second kappa shape index (κ2) is 13.6. The van der Waals surface area contributed by atoms with Crippen LogP contribution in [0, 0.1) is 0 Å². The number of halogens is 1. The highest BCUT2D eigenvalue weighted by molar-refractivity contribution is 14.0. The molecule has 0 atom stereocenters. The van der Waals surface area contributed by atoms with Crippen molar-refractivity contribution < 1.29 is 13.2 Å². The van der Waals surface area contributed by atoms with E-state index >= 15 is 0 Å². The molecule has 0 aliphatic heterocycles. The third-order valence-corrected chi connectivity index (χ3v) is 5.36. The third-order valence-electron chi connectivity index (χ3n) is 3.90. The van der Waals surface area contributed by atoms with Crippen LogP contribution in [0.5, 0.6) is 0 Å². The van der Waals surface area contributed by atoms with Gasteiger partial charge in [0.25, 0.3) is 0 Å². The van der Waals surface area contributed by atoms with Gasteiger partial charge in [0.05, 0.1) is 18.0 Å². The second-order valence-corrected chi connectivity index (χ2v) is 7.85. The molecular weight excluding hydrogens is 505 g/mol. The number of methoxy groups -OCH3 is 1. The fraction of sp³-hybridized carbons (Fsp3) is 0.421. The maximum Gasteiger partial charge on any atom is 0.240 e. The lowest BCUT2D eigenvalue weighted by Crippen LogP contribution is -2.38. The normalized spacial score (nSPS) is 11.7. The fourth-order valence-corrected chi connectivity index (χ4v) is 3.59. The minimum absolute atomic E-state index is 0. The lowest BCUT2D eigenvalue weighted by atomic mass is 10.2. The number of rotatable bonds is 11. The smallest absolute Gasteiger partial charge is 0.240 e. The zero-order chi connectivity index (χ0) is 20.2. The van der Waals surface area contributed by atoms with E-state index in [2.05, 4.69) is 24.9 Å². The summed E-state index contributed by atoms with van der Waals surface area (Å²) in [6, 6.07) is 10.8. The van der Waals surface area contributed by atoms with E-state index in [4.69, 9.17) is 4.74 Å². The molecule has 0 aliphatic carbocycles. The molecule has 1 heterocycles. The SMILES string of the molecule is CCNC(=NCc1cccc(S(=O)(=O)NCCOC)c1)NCCn1cccc1.I. The Bertz CT molecular complexity index is 841. The van der Waals surface area contributed by atoms with E-state index in [9.17, 15) is 8.42 Å². The predicted octanol–water partition coefficient (Wildman–Crippen LogP) is 1.79. The van der Waals surface area contributed by atoms with Crippen LogP contribution in [0.2, 0.25) is 0 Å². The summed E-state index contributed by atoms with van der Waals surface area (Å²) < 4.78 is 34.1. The summed E-state index contributed by atoms with van der Waals surface area (Å²) in [6.45, 7) is 5.24. The molecule has 29 heavy (non-hydrogen) atoms. The van der Waals surface area contributed by atoms with Crippen molar-refractivity contribution in [3.63, 3.8) is 0 Å². The van der Waals surface area contributed by atoms with Crippen LogP contribution in [0.1, 0.15) is 12.5 Å². The van der Waals surface area contributed by atoms with Crippen LogP contribution in [-0.4, -0.2) is 52.3 Å². The van der Waals surface area contributed by atoms with Gasteiger partial charge >= 0.3 is 0 Å². The summed E-state index contributed by atoms with van der Waals surface area (Å²) >= 11 is 0. The van der Waals surface area contributed by atoms with Crippen LogP contribution < -0.4 is 15.4 Å². The van der Waals surface area contributed by atoms with E-state index in [-0.39, 0.29) is 35.4 Å². The number of aliphatic imine (C=N–C) groups is 1.